The van der Waals surface area contributed by atoms with Crippen molar-refractivity contribution in [2.45, 2.75) is 64.5 Å². The molecule has 1 aliphatic carbocycles. The maximum absolute atomic E-state index is 12.3. The molecule has 19 heavy (non-hydrogen) atoms. The van der Waals surface area contributed by atoms with E-state index in [0.29, 0.717) is 13.1 Å². The first-order valence-corrected chi connectivity index (χ1v) is 7.67. The number of carbonyl (C=O) groups excluding carboxylic acids is 1. The highest BCUT2D eigenvalue weighted by Gasteiger charge is 2.39. The first kappa shape index (κ1) is 16.4. The van der Waals surface area contributed by atoms with Gasteiger partial charge < -0.3 is 10.6 Å². The van der Waals surface area contributed by atoms with Crippen LogP contribution in [-0.4, -0.2) is 54.0 Å². The van der Waals surface area contributed by atoms with Gasteiger partial charge in [-0.25, -0.2) is 0 Å². The van der Waals surface area contributed by atoms with Gasteiger partial charge in [-0.1, -0.05) is 19.8 Å². The van der Waals surface area contributed by atoms with Crippen LogP contribution in [0.4, 0.5) is 0 Å². The van der Waals surface area contributed by atoms with Crippen molar-refractivity contribution in [1.82, 2.24) is 9.80 Å². The summed E-state index contributed by atoms with van der Waals surface area (Å²) in [6.45, 7) is 8.43. The lowest BCUT2D eigenvalue weighted by Crippen LogP contribution is -2.55. The molecule has 1 aliphatic rings. The van der Waals surface area contributed by atoms with Gasteiger partial charge in [-0.3, -0.25) is 9.69 Å². The van der Waals surface area contributed by atoms with E-state index < -0.39 is 0 Å². The van der Waals surface area contributed by atoms with Crippen LogP contribution < -0.4 is 5.73 Å². The minimum Gasteiger partial charge on any atom is -0.342 e. The molecule has 0 aromatic rings. The second-order valence-electron chi connectivity index (χ2n) is 6.16. The highest BCUT2D eigenvalue weighted by Crippen LogP contribution is 2.34. The number of rotatable bonds is 7. The molecule has 112 valence electrons. The zero-order chi connectivity index (χ0) is 14.5. The van der Waals surface area contributed by atoms with Crippen molar-refractivity contribution in [3.63, 3.8) is 0 Å². The quantitative estimate of drug-likeness (QED) is 0.767. The van der Waals surface area contributed by atoms with Gasteiger partial charge in [0.1, 0.15) is 0 Å². The van der Waals surface area contributed by atoms with Crippen LogP contribution >= 0.6 is 0 Å². The molecule has 1 rings (SSSR count). The topological polar surface area (TPSA) is 49.6 Å². The van der Waals surface area contributed by atoms with Crippen molar-refractivity contribution >= 4 is 5.91 Å². The third-order valence-electron chi connectivity index (χ3n) is 4.57. The van der Waals surface area contributed by atoms with Crippen molar-refractivity contribution in [3.05, 3.63) is 0 Å². The number of likely N-dealkylation sites (N-methyl/N-ethyl adjacent to an activating group) is 1. The molecule has 0 spiro atoms. The second kappa shape index (κ2) is 7.25. The van der Waals surface area contributed by atoms with E-state index in [1.54, 1.807) is 0 Å². The Morgan fingerprint density at radius 1 is 1.32 bits per heavy atom. The SMILES string of the molecule is CCCN(CC(=O)N(C)C(C)C)C1(CN)CCCC1. The predicted octanol–water partition coefficient (Wildman–Crippen LogP) is 1.84. The van der Waals surface area contributed by atoms with Gasteiger partial charge in [-0.05, 0) is 39.7 Å². The minimum atomic E-state index is 0.0729. The number of amides is 1. The van der Waals surface area contributed by atoms with E-state index in [-0.39, 0.29) is 17.5 Å². The van der Waals surface area contributed by atoms with Gasteiger partial charge in [-0.15, -0.1) is 0 Å². The zero-order valence-electron chi connectivity index (χ0n) is 13.1. The lowest BCUT2D eigenvalue weighted by molar-refractivity contribution is -0.134. The number of hydrogen-bond acceptors (Lipinski definition) is 3. The van der Waals surface area contributed by atoms with Crippen LogP contribution in [0.25, 0.3) is 0 Å². The maximum atomic E-state index is 12.3. The van der Waals surface area contributed by atoms with Crippen LogP contribution in [0.1, 0.15) is 52.9 Å². The summed E-state index contributed by atoms with van der Waals surface area (Å²) in [5.74, 6) is 0.211. The Balaban J connectivity index is 2.74. The lowest BCUT2D eigenvalue weighted by Gasteiger charge is -2.41. The largest absolute Gasteiger partial charge is 0.342 e. The van der Waals surface area contributed by atoms with Gasteiger partial charge in [0, 0.05) is 25.2 Å². The normalized spacial score (nSPS) is 18.3. The monoisotopic (exact) mass is 269 g/mol. The number of carbonyl (C=O) groups is 1. The van der Waals surface area contributed by atoms with Crippen LogP contribution in [0.3, 0.4) is 0 Å². The van der Waals surface area contributed by atoms with Crippen LogP contribution in [0.2, 0.25) is 0 Å². The molecule has 0 radical (unpaired) electrons. The molecule has 0 aromatic carbocycles. The van der Waals surface area contributed by atoms with Crippen LogP contribution in [-0.2, 0) is 4.79 Å². The fourth-order valence-electron chi connectivity index (χ4n) is 3.00. The smallest absolute Gasteiger partial charge is 0.236 e. The Morgan fingerprint density at radius 2 is 1.89 bits per heavy atom. The number of nitrogens with zero attached hydrogens (tertiary/aromatic N) is 2. The van der Waals surface area contributed by atoms with Crippen molar-refractivity contribution < 1.29 is 4.79 Å². The Morgan fingerprint density at radius 3 is 2.32 bits per heavy atom. The molecule has 1 fully saturated rings. The Hall–Kier alpha value is -0.610. The maximum Gasteiger partial charge on any atom is 0.236 e. The fourth-order valence-corrected chi connectivity index (χ4v) is 3.00. The van der Waals surface area contributed by atoms with Crippen LogP contribution in [0.5, 0.6) is 0 Å². The highest BCUT2D eigenvalue weighted by atomic mass is 16.2. The number of nitrogens with two attached hydrogens (primary N) is 1. The van der Waals surface area contributed by atoms with Crippen molar-refractivity contribution in [1.29, 1.82) is 0 Å². The van der Waals surface area contributed by atoms with Gasteiger partial charge >= 0.3 is 0 Å². The number of hydrogen-bond donors (Lipinski definition) is 1. The van der Waals surface area contributed by atoms with Crippen LogP contribution in [0, 0.1) is 0 Å². The molecule has 0 saturated heterocycles. The first-order valence-electron chi connectivity index (χ1n) is 7.67. The van der Waals surface area contributed by atoms with Gasteiger partial charge in [0.25, 0.3) is 0 Å². The zero-order valence-corrected chi connectivity index (χ0v) is 13.1. The molecule has 0 aliphatic heterocycles. The summed E-state index contributed by atoms with van der Waals surface area (Å²) >= 11 is 0. The van der Waals surface area contributed by atoms with E-state index in [1.165, 1.54) is 12.8 Å². The Labute approximate surface area is 118 Å². The summed E-state index contributed by atoms with van der Waals surface area (Å²) in [5, 5.41) is 0. The van der Waals surface area contributed by atoms with E-state index in [0.717, 1.165) is 25.8 Å². The van der Waals surface area contributed by atoms with Crippen LogP contribution in [0.15, 0.2) is 0 Å². The van der Waals surface area contributed by atoms with Crippen molar-refractivity contribution in [2.24, 2.45) is 5.73 Å². The van der Waals surface area contributed by atoms with Crippen molar-refractivity contribution in [3.8, 4) is 0 Å². The third-order valence-corrected chi connectivity index (χ3v) is 4.57. The van der Waals surface area contributed by atoms with E-state index in [4.69, 9.17) is 5.73 Å². The molecule has 4 nitrogen and oxygen atoms in total. The summed E-state index contributed by atoms with van der Waals surface area (Å²) in [6.07, 6.45) is 5.84. The molecule has 0 unspecified atom stereocenters. The summed E-state index contributed by atoms with van der Waals surface area (Å²) in [7, 11) is 1.89. The summed E-state index contributed by atoms with van der Waals surface area (Å²) < 4.78 is 0. The molecule has 2 N–H and O–H groups in total. The third kappa shape index (κ3) is 3.93. The first-order chi connectivity index (χ1) is 8.96. The van der Waals surface area contributed by atoms with Crippen molar-refractivity contribution in [2.75, 3.05) is 26.7 Å². The van der Waals surface area contributed by atoms with Gasteiger partial charge in [-0.2, -0.15) is 0 Å². The minimum absolute atomic E-state index is 0.0729. The van der Waals surface area contributed by atoms with E-state index in [9.17, 15) is 4.79 Å². The molecular formula is C15H31N3O. The molecular weight excluding hydrogens is 238 g/mol. The molecule has 1 amide bonds. The average molecular weight is 269 g/mol. The molecule has 1 saturated carbocycles. The molecule has 0 bridgehead atoms. The molecule has 0 aromatic heterocycles. The predicted molar refractivity (Wildman–Crippen MR) is 80.0 cm³/mol. The van der Waals surface area contributed by atoms with Gasteiger partial charge in [0.15, 0.2) is 0 Å². The van der Waals surface area contributed by atoms with E-state index in [1.807, 2.05) is 11.9 Å². The molecule has 4 heteroatoms. The Bertz CT molecular complexity index is 285. The summed E-state index contributed by atoms with van der Waals surface area (Å²) in [5.41, 5.74) is 6.12. The summed E-state index contributed by atoms with van der Waals surface area (Å²) in [6, 6.07) is 0.258. The molecule has 0 heterocycles. The Kier molecular flexibility index (Phi) is 6.27. The lowest BCUT2D eigenvalue weighted by atomic mass is 9.94. The highest BCUT2D eigenvalue weighted by molar-refractivity contribution is 5.78. The fraction of sp³-hybridized carbons (Fsp3) is 0.933. The second-order valence-corrected chi connectivity index (χ2v) is 6.16. The average Bonchev–Trinajstić information content (AvgIpc) is 2.87. The summed E-state index contributed by atoms with van der Waals surface area (Å²) in [4.78, 5) is 16.5. The van der Waals surface area contributed by atoms with Gasteiger partial charge in [0.2, 0.25) is 5.91 Å². The molecule has 0 atom stereocenters. The van der Waals surface area contributed by atoms with E-state index >= 15 is 0 Å². The van der Waals surface area contributed by atoms with Gasteiger partial charge in [0.05, 0.1) is 6.54 Å². The standard InChI is InChI=1S/C15H31N3O/c1-5-10-18(11-14(19)17(4)13(2)3)15(12-16)8-6-7-9-15/h13H,5-12,16H2,1-4H3. The van der Waals surface area contributed by atoms with E-state index in [2.05, 4.69) is 25.7 Å².